The molecule has 1 aromatic carbocycles. The first-order valence-electron chi connectivity index (χ1n) is 7.66. The predicted molar refractivity (Wildman–Crippen MR) is 82.9 cm³/mol. The van der Waals surface area contributed by atoms with E-state index >= 15 is 0 Å². The van der Waals surface area contributed by atoms with Gasteiger partial charge in [-0.3, -0.25) is 0 Å². The van der Waals surface area contributed by atoms with E-state index in [1.54, 1.807) is 0 Å². The number of likely N-dealkylation sites (N-methyl/N-ethyl adjacent to an activating group) is 2. The number of furan rings is 1. The fourth-order valence-electron chi connectivity index (χ4n) is 2.80. The molecular formula is C17H24N2O. The molecule has 2 aromatic rings. The first-order chi connectivity index (χ1) is 9.76. The maximum absolute atomic E-state index is 6.02. The largest absolute Gasteiger partial charge is 0.459 e. The van der Waals surface area contributed by atoms with Crippen molar-refractivity contribution in [2.24, 2.45) is 5.92 Å². The molecule has 0 saturated heterocycles. The van der Waals surface area contributed by atoms with Crippen molar-refractivity contribution in [3.8, 4) is 0 Å². The fourth-order valence-corrected chi connectivity index (χ4v) is 2.80. The van der Waals surface area contributed by atoms with E-state index in [0.29, 0.717) is 0 Å². The average Bonchev–Trinajstić information content (AvgIpc) is 3.13. The van der Waals surface area contributed by atoms with Crippen LogP contribution in [0.2, 0.25) is 0 Å². The molecule has 1 aromatic heterocycles. The summed E-state index contributed by atoms with van der Waals surface area (Å²) in [5.74, 6) is 1.98. The van der Waals surface area contributed by atoms with Crippen molar-refractivity contribution >= 4 is 11.0 Å². The Kier molecular flexibility index (Phi) is 4.08. The zero-order chi connectivity index (χ0) is 13.9. The molecule has 1 saturated carbocycles. The standard InChI is InChI=1S/C17H24N2O/c1-3-18-15(12-19(2)11-13-8-9-13)17-10-14-6-4-5-7-16(14)20-17/h4-7,10,13,15,18H,3,8-9,11-12H2,1-2H3. The van der Waals surface area contributed by atoms with Crippen LogP contribution in [0, 0.1) is 5.92 Å². The van der Waals surface area contributed by atoms with Gasteiger partial charge in [0, 0.05) is 18.5 Å². The molecule has 0 aliphatic heterocycles. The average molecular weight is 272 g/mol. The van der Waals surface area contributed by atoms with Crippen LogP contribution in [0.4, 0.5) is 0 Å². The molecule has 1 heterocycles. The molecule has 3 rings (SSSR count). The Bertz CT molecular complexity index is 526. The van der Waals surface area contributed by atoms with E-state index < -0.39 is 0 Å². The van der Waals surface area contributed by atoms with E-state index in [9.17, 15) is 0 Å². The second kappa shape index (κ2) is 5.98. The minimum absolute atomic E-state index is 0.274. The summed E-state index contributed by atoms with van der Waals surface area (Å²) in [6.45, 7) is 5.32. The molecule has 1 aliphatic carbocycles. The number of hydrogen-bond acceptors (Lipinski definition) is 3. The number of hydrogen-bond donors (Lipinski definition) is 1. The molecule has 0 radical (unpaired) electrons. The van der Waals surface area contributed by atoms with Gasteiger partial charge in [-0.05, 0) is 44.5 Å². The Morgan fingerprint density at radius 1 is 1.35 bits per heavy atom. The first-order valence-corrected chi connectivity index (χ1v) is 7.66. The summed E-state index contributed by atoms with van der Waals surface area (Å²) in [5.41, 5.74) is 0.982. The molecule has 1 atom stereocenters. The van der Waals surface area contributed by atoms with Gasteiger partial charge in [-0.2, -0.15) is 0 Å². The van der Waals surface area contributed by atoms with Crippen molar-refractivity contribution in [1.82, 2.24) is 10.2 Å². The van der Waals surface area contributed by atoms with Gasteiger partial charge in [0.1, 0.15) is 11.3 Å². The molecule has 0 amide bonds. The second-order valence-electron chi connectivity index (χ2n) is 5.96. The molecule has 1 aliphatic rings. The molecule has 1 fully saturated rings. The van der Waals surface area contributed by atoms with E-state index in [0.717, 1.165) is 30.4 Å². The quantitative estimate of drug-likeness (QED) is 0.837. The minimum Gasteiger partial charge on any atom is -0.459 e. The van der Waals surface area contributed by atoms with Crippen molar-refractivity contribution in [1.29, 1.82) is 0 Å². The molecule has 108 valence electrons. The van der Waals surface area contributed by atoms with E-state index in [2.05, 4.69) is 42.4 Å². The normalized spacial score (nSPS) is 16.9. The highest BCUT2D eigenvalue weighted by atomic mass is 16.3. The van der Waals surface area contributed by atoms with Gasteiger partial charge >= 0.3 is 0 Å². The molecular weight excluding hydrogens is 248 g/mol. The maximum atomic E-state index is 6.02. The van der Waals surface area contributed by atoms with E-state index in [1.165, 1.54) is 24.8 Å². The van der Waals surface area contributed by atoms with Crippen molar-refractivity contribution < 1.29 is 4.42 Å². The van der Waals surface area contributed by atoms with Gasteiger partial charge in [0.05, 0.1) is 6.04 Å². The van der Waals surface area contributed by atoms with Crippen molar-refractivity contribution in [3.05, 3.63) is 36.1 Å². The lowest BCUT2D eigenvalue weighted by atomic mass is 10.2. The third-order valence-corrected chi connectivity index (χ3v) is 4.00. The molecule has 0 bridgehead atoms. The predicted octanol–water partition coefficient (Wildman–Crippen LogP) is 3.43. The Labute approximate surface area is 120 Å². The number of fused-ring (bicyclic) bond motifs is 1. The number of nitrogens with one attached hydrogen (secondary N) is 1. The lowest BCUT2D eigenvalue weighted by Crippen LogP contribution is -2.33. The lowest BCUT2D eigenvalue weighted by Gasteiger charge is -2.23. The molecule has 1 unspecified atom stereocenters. The first kappa shape index (κ1) is 13.7. The summed E-state index contributed by atoms with van der Waals surface area (Å²) in [7, 11) is 2.21. The highest BCUT2D eigenvalue weighted by Crippen LogP contribution is 2.30. The topological polar surface area (TPSA) is 28.4 Å². The summed E-state index contributed by atoms with van der Waals surface area (Å²) in [6, 6.07) is 10.7. The SMILES string of the molecule is CCNC(CN(C)CC1CC1)c1cc2ccccc2o1. The Hall–Kier alpha value is -1.32. The molecule has 0 spiro atoms. The van der Waals surface area contributed by atoms with Crippen LogP contribution in [0.15, 0.2) is 34.7 Å². The summed E-state index contributed by atoms with van der Waals surface area (Å²) >= 11 is 0. The third kappa shape index (κ3) is 3.22. The third-order valence-electron chi connectivity index (χ3n) is 4.00. The van der Waals surface area contributed by atoms with Gasteiger partial charge in [0.2, 0.25) is 0 Å². The lowest BCUT2D eigenvalue weighted by molar-refractivity contribution is 0.266. The highest BCUT2D eigenvalue weighted by Gasteiger charge is 2.25. The van der Waals surface area contributed by atoms with Gasteiger partial charge in [0.25, 0.3) is 0 Å². The van der Waals surface area contributed by atoms with Gasteiger partial charge in [-0.15, -0.1) is 0 Å². The zero-order valence-corrected chi connectivity index (χ0v) is 12.4. The number of nitrogens with zero attached hydrogens (tertiary/aromatic N) is 1. The fraction of sp³-hybridized carbons (Fsp3) is 0.529. The molecule has 3 heteroatoms. The van der Waals surface area contributed by atoms with Crippen LogP contribution in [-0.4, -0.2) is 31.6 Å². The Morgan fingerprint density at radius 2 is 2.15 bits per heavy atom. The summed E-state index contributed by atoms with van der Waals surface area (Å²) < 4.78 is 6.02. The summed E-state index contributed by atoms with van der Waals surface area (Å²) in [5, 5.41) is 4.74. The molecule has 3 nitrogen and oxygen atoms in total. The molecule has 20 heavy (non-hydrogen) atoms. The van der Waals surface area contributed by atoms with Gasteiger partial charge in [-0.1, -0.05) is 25.1 Å². The Balaban J connectivity index is 1.74. The van der Waals surface area contributed by atoms with E-state index in [-0.39, 0.29) is 6.04 Å². The van der Waals surface area contributed by atoms with Crippen LogP contribution >= 0.6 is 0 Å². The van der Waals surface area contributed by atoms with E-state index in [4.69, 9.17) is 4.42 Å². The zero-order valence-electron chi connectivity index (χ0n) is 12.4. The van der Waals surface area contributed by atoms with Gasteiger partial charge < -0.3 is 14.6 Å². The summed E-state index contributed by atoms with van der Waals surface area (Å²) in [6.07, 6.45) is 2.81. The van der Waals surface area contributed by atoms with Crippen LogP contribution < -0.4 is 5.32 Å². The minimum atomic E-state index is 0.274. The van der Waals surface area contributed by atoms with Crippen molar-refractivity contribution in [2.45, 2.75) is 25.8 Å². The smallest absolute Gasteiger partial charge is 0.134 e. The number of para-hydroxylation sites is 1. The van der Waals surface area contributed by atoms with Crippen LogP contribution in [0.5, 0.6) is 0 Å². The number of benzene rings is 1. The van der Waals surface area contributed by atoms with Crippen LogP contribution in [-0.2, 0) is 0 Å². The van der Waals surface area contributed by atoms with Crippen LogP contribution in [0.1, 0.15) is 31.6 Å². The second-order valence-corrected chi connectivity index (χ2v) is 5.96. The van der Waals surface area contributed by atoms with Crippen molar-refractivity contribution in [2.75, 3.05) is 26.7 Å². The highest BCUT2D eigenvalue weighted by molar-refractivity contribution is 5.77. The van der Waals surface area contributed by atoms with Crippen LogP contribution in [0.3, 0.4) is 0 Å². The van der Waals surface area contributed by atoms with Crippen LogP contribution in [0.25, 0.3) is 11.0 Å². The molecule has 1 N–H and O–H groups in total. The Morgan fingerprint density at radius 3 is 2.85 bits per heavy atom. The monoisotopic (exact) mass is 272 g/mol. The van der Waals surface area contributed by atoms with Crippen molar-refractivity contribution in [3.63, 3.8) is 0 Å². The number of rotatable bonds is 7. The van der Waals surface area contributed by atoms with Gasteiger partial charge in [0.15, 0.2) is 0 Å². The van der Waals surface area contributed by atoms with Gasteiger partial charge in [-0.25, -0.2) is 0 Å². The van der Waals surface area contributed by atoms with E-state index in [1.807, 2.05) is 12.1 Å². The maximum Gasteiger partial charge on any atom is 0.134 e. The summed E-state index contributed by atoms with van der Waals surface area (Å²) in [4.78, 5) is 2.43.